The molecule has 13 heavy (non-hydrogen) atoms. The topological polar surface area (TPSA) is 55.8 Å². The zero-order valence-electron chi connectivity index (χ0n) is 7.49. The van der Waals surface area contributed by atoms with Gasteiger partial charge in [0.2, 0.25) is 0 Å². The predicted molar refractivity (Wildman–Crippen MR) is 44.4 cm³/mol. The molecule has 0 atom stereocenters. The molecule has 4 heteroatoms. The lowest BCUT2D eigenvalue weighted by Crippen LogP contribution is -2.55. The van der Waals surface area contributed by atoms with Crippen LogP contribution >= 0.6 is 0 Å². The van der Waals surface area contributed by atoms with Gasteiger partial charge in [-0.25, -0.2) is 0 Å². The molecular weight excluding hydrogens is 172 g/mol. The molecule has 2 fully saturated rings. The Morgan fingerprint density at radius 3 is 2.23 bits per heavy atom. The van der Waals surface area contributed by atoms with Gasteiger partial charge in [0.1, 0.15) is 5.41 Å². The number of hydrogen-bond donors (Lipinski definition) is 1. The summed E-state index contributed by atoms with van der Waals surface area (Å²) in [4.78, 5) is 11.1. The molecule has 0 aromatic carbocycles. The SMILES string of the molecule is O=C(O)C1(C2CCOCC2)COC1. The molecule has 0 aliphatic carbocycles. The van der Waals surface area contributed by atoms with Crippen LogP contribution in [-0.2, 0) is 14.3 Å². The molecule has 4 nitrogen and oxygen atoms in total. The summed E-state index contributed by atoms with van der Waals surface area (Å²) in [6.45, 7) is 2.15. The Hall–Kier alpha value is -0.610. The van der Waals surface area contributed by atoms with Gasteiger partial charge in [0, 0.05) is 13.2 Å². The lowest BCUT2D eigenvalue weighted by Gasteiger charge is -2.44. The van der Waals surface area contributed by atoms with Crippen molar-refractivity contribution in [3.63, 3.8) is 0 Å². The molecule has 0 radical (unpaired) electrons. The summed E-state index contributed by atoms with van der Waals surface area (Å²) >= 11 is 0. The van der Waals surface area contributed by atoms with E-state index >= 15 is 0 Å². The maximum Gasteiger partial charge on any atom is 0.314 e. The second-order valence-electron chi connectivity index (χ2n) is 3.84. The van der Waals surface area contributed by atoms with Crippen LogP contribution in [0.4, 0.5) is 0 Å². The molecule has 2 rings (SSSR count). The Morgan fingerprint density at radius 2 is 1.85 bits per heavy atom. The van der Waals surface area contributed by atoms with E-state index in [0.29, 0.717) is 26.4 Å². The van der Waals surface area contributed by atoms with Gasteiger partial charge in [-0.3, -0.25) is 4.79 Å². The normalized spacial score (nSPS) is 28.0. The van der Waals surface area contributed by atoms with Crippen LogP contribution in [0.2, 0.25) is 0 Å². The maximum absolute atomic E-state index is 11.1. The molecule has 2 aliphatic rings. The van der Waals surface area contributed by atoms with Gasteiger partial charge in [0.05, 0.1) is 13.2 Å². The van der Waals surface area contributed by atoms with Gasteiger partial charge < -0.3 is 14.6 Å². The zero-order chi connectivity index (χ0) is 9.31. The van der Waals surface area contributed by atoms with Crippen molar-refractivity contribution in [2.45, 2.75) is 12.8 Å². The van der Waals surface area contributed by atoms with Gasteiger partial charge in [-0.1, -0.05) is 0 Å². The molecule has 0 aromatic heterocycles. The fraction of sp³-hybridized carbons (Fsp3) is 0.889. The van der Waals surface area contributed by atoms with Crippen LogP contribution in [0.15, 0.2) is 0 Å². The number of carboxylic acid groups (broad SMARTS) is 1. The quantitative estimate of drug-likeness (QED) is 0.682. The van der Waals surface area contributed by atoms with E-state index in [1.807, 2.05) is 0 Å². The monoisotopic (exact) mass is 186 g/mol. The zero-order valence-corrected chi connectivity index (χ0v) is 7.49. The van der Waals surface area contributed by atoms with Crippen LogP contribution in [0.25, 0.3) is 0 Å². The third kappa shape index (κ3) is 1.34. The Bertz CT molecular complexity index is 204. The first-order chi connectivity index (χ1) is 6.26. The minimum Gasteiger partial charge on any atom is -0.481 e. The number of aliphatic carboxylic acids is 1. The van der Waals surface area contributed by atoms with E-state index in [1.54, 1.807) is 0 Å². The number of carboxylic acids is 1. The maximum atomic E-state index is 11.1. The number of ether oxygens (including phenoxy) is 2. The van der Waals surface area contributed by atoms with E-state index in [-0.39, 0.29) is 5.92 Å². The van der Waals surface area contributed by atoms with E-state index in [0.717, 1.165) is 12.8 Å². The van der Waals surface area contributed by atoms with E-state index in [1.165, 1.54) is 0 Å². The molecule has 0 bridgehead atoms. The van der Waals surface area contributed by atoms with Gasteiger partial charge >= 0.3 is 5.97 Å². The minimum absolute atomic E-state index is 0.243. The number of hydrogen-bond acceptors (Lipinski definition) is 3. The molecule has 0 saturated carbocycles. The molecule has 0 unspecified atom stereocenters. The molecule has 0 amide bonds. The second kappa shape index (κ2) is 3.27. The van der Waals surface area contributed by atoms with Crippen LogP contribution in [-0.4, -0.2) is 37.5 Å². The van der Waals surface area contributed by atoms with Gasteiger partial charge in [0.15, 0.2) is 0 Å². The largest absolute Gasteiger partial charge is 0.481 e. The highest BCUT2D eigenvalue weighted by atomic mass is 16.5. The molecule has 2 heterocycles. The summed E-state index contributed by atoms with van der Waals surface area (Å²) in [5.74, 6) is -0.460. The van der Waals surface area contributed by atoms with Crippen LogP contribution < -0.4 is 0 Å². The lowest BCUT2D eigenvalue weighted by atomic mass is 9.70. The highest BCUT2D eigenvalue weighted by Crippen LogP contribution is 2.41. The van der Waals surface area contributed by atoms with E-state index < -0.39 is 11.4 Å². The number of carbonyl (C=O) groups is 1. The van der Waals surface area contributed by atoms with Crippen molar-refractivity contribution in [1.29, 1.82) is 0 Å². The summed E-state index contributed by atoms with van der Waals surface area (Å²) in [5.41, 5.74) is -0.593. The summed E-state index contributed by atoms with van der Waals surface area (Å²) in [6.07, 6.45) is 1.71. The molecule has 74 valence electrons. The fourth-order valence-electron chi connectivity index (χ4n) is 2.11. The van der Waals surface area contributed by atoms with Crippen LogP contribution in [0.5, 0.6) is 0 Å². The van der Waals surface area contributed by atoms with Crippen LogP contribution in [0, 0.1) is 11.3 Å². The molecule has 0 aromatic rings. The Labute approximate surface area is 76.8 Å². The first-order valence-electron chi connectivity index (χ1n) is 4.64. The predicted octanol–water partition coefficient (Wildman–Crippen LogP) is 0.514. The Morgan fingerprint density at radius 1 is 1.23 bits per heavy atom. The van der Waals surface area contributed by atoms with Crippen LogP contribution in [0.3, 0.4) is 0 Å². The first kappa shape index (κ1) is 8.97. The molecule has 1 N–H and O–H groups in total. The smallest absolute Gasteiger partial charge is 0.314 e. The Balaban J connectivity index is 2.06. The standard InChI is InChI=1S/C9H14O4/c10-8(11)9(5-13-6-9)7-1-3-12-4-2-7/h7H,1-6H2,(H,10,11). The van der Waals surface area contributed by atoms with Crippen molar-refractivity contribution < 1.29 is 19.4 Å². The third-order valence-electron chi connectivity index (χ3n) is 3.15. The summed E-state index contributed by atoms with van der Waals surface area (Å²) < 4.78 is 10.2. The first-order valence-corrected chi connectivity index (χ1v) is 4.64. The van der Waals surface area contributed by atoms with Gasteiger partial charge in [-0.05, 0) is 18.8 Å². The second-order valence-corrected chi connectivity index (χ2v) is 3.84. The van der Waals surface area contributed by atoms with E-state index in [9.17, 15) is 4.79 Å². The van der Waals surface area contributed by atoms with E-state index in [2.05, 4.69) is 0 Å². The summed E-state index contributed by atoms with van der Waals surface area (Å²) in [5, 5.41) is 9.12. The molecule has 2 saturated heterocycles. The van der Waals surface area contributed by atoms with E-state index in [4.69, 9.17) is 14.6 Å². The van der Waals surface area contributed by atoms with Gasteiger partial charge in [-0.15, -0.1) is 0 Å². The van der Waals surface area contributed by atoms with Crippen LogP contribution in [0.1, 0.15) is 12.8 Å². The van der Waals surface area contributed by atoms with Crippen molar-refractivity contribution in [3.05, 3.63) is 0 Å². The Kier molecular flexibility index (Phi) is 2.26. The van der Waals surface area contributed by atoms with Crippen molar-refractivity contribution >= 4 is 5.97 Å². The van der Waals surface area contributed by atoms with Crippen molar-refractivity contribution in [2.24, 2.45) is 11.3 Å². The minimum atomic E-state index is -0.703. The average molecular weight is 186 g/mol. The highest BCUT2D eigenvalue weighted by Gasteiger charge is 2.52. The van der Waals surface area contributed by atoms with Gasteiger partial charge in [0.25, 0.3) is 0 Å². The van der Waals surface area contributed by atoms with Crippen molar-refractivity contribution in [2.75, 3.05) is 26.4 Å². The summed E-state index contributed by atoms with van der Waals surface area (Å²) in [6, 6.07) is 0. The van der Waals surface area contributed by atoms with Gasteiger partial charge in [-0.2, -0.15) is 0 Å². The lowest BCUT2D eigenvalue weighted by molar-refractivity contribution is -0.198. The number of rotatable bonds is 2. The molecule has 2 aliphatic heterocycles. The fourth-order valence-corrected chi connectivity index (χ4v) is 2.11. The summed E-state index contributed by atoms with van der Waals surface area (Å²) in [7, 11) is 0. The van der Waals surface area contributed by atoms with Crippen molar-refractivity contribution in [3.8, 4) is 0 Å². The highest BCUT2D eigenvalue weighted by molar-refractivity contribution is 5.76. The molecule has 0 spiro atoms. The van der Waals surface area contributed by atoms with Crippen molar-refractivity contribution in [1.82, 2.24) is 0 Å². The third-order valence-corrected chi connectivity index (χ3v) is 3.15. The molecular formula is C9H14O4. The average Bonchev–Trinajstić information content (AvgIpc) is 2.03.